The fourth-order valence-corrected chi connectivity index (χ4v) is 2.96. The fourth-order valence-electron chi connectivity index (χ4n) is 2.96. The molecule has 5 nitrogen and oxygen atoms in total. The summed E-state index contributed by atoms with van der Waals surface area (Å²) < 4.78 is 28.1. The Labute approximate surface area is 134 Å². The van der Waals surface area contributed by atoms with Crippen molar-refractivity contribution in [3.63, 3.8) is 0 Å². The highest BCUT2D eigenvalue weighted by molar-refractivity contribution is 5.47. The van der Waals surface area contributed by atoms with E-state index in [1.165, 1.54) is 12.1 Å². The molecule has 0 atom stereocenters. The molecule has 124 valence electrons. The second kappa shape index (κ2) is 7.04. The van der Waals surface area contributed by atoms with Crippen molar-refractivity contribution in [2.45, 2.75) is 25.3 Å². The van der Waals surface area contributed by atoms with Crippen molar-refractivity contribution in [3.05, 3.63) is 42.0 Å². The van der Waals surface area contributed by atoms with Gasteiger partial charge in [0.1, 0.15) is 12.2 Å². The van der Waals surface area contributed by atoms with Gasteiger partial charge in [-0.05, 0) is 25.0 Å². The molecule has 1 saturated heterocycles. The van der Waals surface area contributed by atoms with E-state index in [0.717, 1.165) is 50.4 Å². The number of hydrogen-bond donors (Lipinski definition) is 1. The zero-order valence-electron chi connectivity index (χ0n) is 13.2. The number of benzene rings is 1. The first-order valence-electron chi connectivity index (χ1n) is 7.90. The van der Waals surface area contributed by atoms with Crippen LogP contribution in [0.1, 0.15) is 18.7 Å². The van der Waals surface area contributed by atoms with Gasteiger partial charge in [-0.1, -0.05) is 0 Å². The van der Waals surface area contributed by atoms with Gasteiger partial charge >= 0.3 is 0 Å². The Morgan fingerprint density at radius 1 is 1.22 bits per heavy atom. The third-order valence-electron chi connectivity index (χ3n) is 4.35. The maximum Gasteiger partial charge on any atom is 0.160 e. The lowest BCUT2D eigenvalue weighted by Gasteiger charge is -2.34. The highest BCUT2D eigenvalue weighted by Crippen LogP contribution is 2.22. The van der Waals surface area contributed by atoms with E-state index in [2.05, 4.69) is 20.3 Å². The van der Waals surface area contributed by atoms with Gasteiger partial charge in [-0.2, -0.15) is 5.10 Å². The van der Waals surface area contributed by atoms with Gasteiger partial charge in [0.25, 0.3) is 0 Å². The molecule has 1 aliphatic heterocycles. The van der Waals surface area contributed by atoms with Crippen molar-refractivity contribution in [2.24, 2.45) is 7.05 Å². The minimum Gasteiger partial charge on any atom is -0.371 e. The van der Waals surface area contributed by atoms with Crippen LogP contribution in [0.5, 0.6) is 0 Å². The van der Waals surface area contributed by atoms with Gasteiger partial charge < -0.3 is 10.2 Å². The molecule has 3 rings (SSSR count). The number of piperidine rings is 1. The number of aryl methyl sites for hydroxylation is 1. The zero-order valence-corrected chi connectivity index (χ0v) is 13.2. The van der Waals surface area contributed by atoms with Crippen molar-refractivity contribution in [2.75, 3.05) is 24.5 Å². The fraction of sp³-hybridized carbons (Fsp3) is 0.500. The molecule has 1 aromatic carbocycles. The number of hydrogen-bond acceptors (Lipinski definition) is 4. The first kappa shape index (κ1) is 15.9. The SMILES string of the molecule is Cn1ncnc1CCNC1CCN(c2ccc(F)c(F)c2)CC1. The Balaban J connectivity index is 1.45. The highest BCUT2D eigenvalue weighted by Gasteiger charge is 2.19. The van der Waals surface area contributed by atoms with E-state index >= 15 is 0 Å². The molecule has 0 spiro atoms. The second-order valence-electron chi connectivity index (χ2n) is 5.86. The van der Waals surface area contributed by atoms with Crippen molar-refractivity contribution < 1.29 is 8.78 Å². The normalized spacial score (nSPS) is 16.0. The van der Waals surface area contributed by atoms with E-state index in [1.54, 1.807) is 17.1 Å². The van der Waals surface area contributed by atoms with Gasteiger partial charge in [0, 0.05) is 50.9 Å². The number of anilines is 1. The van der Waals surface area contributed by atoms with E-state index in [1.807, 2.05) is 7.05 Å². The molecular weight excluding hydrogens is 300 g/mol. The first-order valence-corrected chi connectivity index (χ1v) is 7.90. The molecule has 0 saturated carbocycles. The molecule has 7 heteroatoms. The number of aromatic nitrogens is 3. The standard InChI is InChI=1S/C16H21F2N5/c1-22-16(20-11-21-22)4-7-19-12-5-8-23(9-6-12)13-2-3-14(17)15(18)10-13/h2-3,10-12,19H,4-9H2,1H3. The van der Waals surface area contributed by atoms with Crippen LogP contribution in [-0.2, 0) is 13.5 Å². The molecule has 0 unspecified atom stereocenters. The average Bonchev–Trinajstić information content (AvgIpc) is 2.96. The predicted molar refractivity (Wildman–Crippen MR) is 84.3 cm³/mol. The Morgan fingerprint density at radius 3 is 2.65 bits per heavy atom. The molecular formula is C16H21F2N5. The summed E-state index contributed by atoms with van der Waals surface area (Å²) in [5, 5.41) is 7.59. The van der Waals surface area contributed by atoms with Crippen molar-refractivity contribution in [1.29, 1.82) is 0 Å². The number of rotatable bonds is 5. The lowest BCUT2D eigenvalue weighted by atomic mass is 10.0. The monoisotopic (exact) mass is 321 g/mol. The molecule has 1 fully saturated rings. The van der Waals surface area contributed by atoms with Crippen LogP contribution in [0.25, 0.3) is 0 Å². The van der Waals surface area contributed by atoms with Crippen LogP contribution >= 0.6 is 0 Å². The number of halogens is 2. The van der Waals surface area contributed by atoms with Crippen molar-refractivity contribution in [3.8, 4) is 0 Å². The third kappa shape index (κ3) is 3.85. The summed E-state index contributed by atoms with van der Waals surface area (Å²) in [5.41, 5.74) is 0.751. The summed E-state index contributed by atoms with van der Waals surface area (Å²) in [4.78, 5) is 6.30. The Bertz CT molecular complexity index is 650. The molecule has 2 aromatic rings. The summed E-state index contributed by atoms with van der Waals surface area (Å²) in [6.45, 7) is 2.54. The van der Waals surface area contributed by atoms with E-state index in [-0.39, 0.29) is 0 Å². The topological polar surface area (TPSA) is 46.0 Å². The Hall–Kier alpha value is -2.02. The van der Waals surface area contributed by atoms with Crippen LogP contribution in [0, 0.1) is 11.6 Å². The largest absolute Gasteiger partial charge is 0.371 e. The van der Waals surface area contributed by atoms with Crippen LogP contribution in [0.15, 0.2) is 24.5 Å². The summed E-state index contributed by atoms with van der Waals surface area (Å²) in [6, 6.07) is 4.55. The molecule has 1 N–H and O–H groups in total. The summed E-state index contributed by atoms with van der Waals surface area (Å²) in [6.07, 6.45) is 4.38. The second-order valence-corrected chi connectivity index (χ2v) is 5.86. The van der Waals surface area contributed by atoms with E-state index in [0.29, 0.717) is 6.04 Å². The molecule has 1 aromatic heterocycles. The maximum absolute atomic E-state index is 13.3. The van der Waals surface area contributed by atoms with Crippen LogP contribution in [-0.4, -0.2) is 40.4 Å². The smallest absolute Gasteiger partial charge is 0.160 e. The number of nitrogens with one attached hydrogen (secondary N) is 1. The summed E-state index contributed by atoms with van der Waals surface area (Å²) in [7, 11) is 1.89. The van der Waals surface area contributed by atoms with Gasteiger partial charge in [-0.15, -0.1) is 0 Å². The minimum atomic E-state index is -0.797. The third-order valence-corrected chi connectivity index (χ3v) is 4.35. The Morgan fingerprint density at radius 2 is 2.00 bits per heavy atom. The quantitative estimate of drug-likeness (QED) is 0.914. The Kier molecular flexibility index (Phi) is 4.85. The predicted octanol–water partition coefficient (Wildman–Crippen LogP) is 1.89. The van der Waals surface area contributed by atoms with E-state index < -0.39 is 11.6 Å². The molecule has 1 aliphatic rings. The van der Waals surface area contributed by atoms with Crippen molar-refractivity contribution >= 4 is 5.69 Å². The van der Waals surface area contributed by atoms with Crippen LogP contribution < -0.4 is 10.2 Å². The van der Waals surface area contributed by atoms with Crippen molar-refractivity contribution in [1.82, 2.24) is 20.1 Å². The maximum atomic E-state index is 13.3. The molecule has 0 radical (unpaired) electrons. The summed E-state index contributed by atoms with van der Waals surface area (Å²) >= 11 is 0. The zero-order chi connectivity index (χ0) is 16.2. The van der Waals surface area contributed by atoms with Gasteiger partial charge in [0.2, 0.25) is 0 Å². The molecule has 0 aliphatic carbocycles. The van der Waals surface area contributed by atoms with Crippen LogP contribution in [0.2, 0.25) is 0 Å². The average molecular weight is 321 g/mol. The first-order chi connectivity index (χ1) is 11.1. The molecule has 2 heterocycles. The summed E-state index contributed by atoms with van der Waals surface area (Å²) in [5.74, 6) is -0.614. The number of nitrogens with zero attached hydrogens (tertiary/aromatic N) is 4. The van der Waals surface area contributed by atoms with Gasteiger partial charge in [0.15, 0.2) is 11.6 Å². The van der Waals surface area contributed by atoms with Gasteiger partial charge in [-0.25, -0.2) is 13.8 Å². The minimum absolute atomic E-state index is 0.449. The van der Waals surface area contributed by atoms with E-state index in [9.17, 15) is 8.78 Å². The van der Waals surface area contributed by atoms with Crippen LogP contribution in [0.3, 0.4) is 0 Å². The molecule has 23 heavy (non-hydrogen) atoms. The lowest BCUT2D eigenvalue weighted by molar-refractivity contribution is 0.414. The van der Waals surface area contributed by atoms with Gasteiger partial charge in [0.05, 0.1) is 0 Å². The van der Waals surface area contributed by atoms with Gasteiger partial charge in [-0.3, -0.25) is 4.68 Å². The van der Waals surface area contributed by atoms with E-state index in [4.69, 9.17) is 0 Å². The molecule has 0 bridgehead atoms. The lowest BCUT2D eigenvalue weighted by Crippen LogP contribution is -2.43. The molecule has 0 amide bonds. The highest BCUT2D eigenvalue weighted by atomic mass is 19.2. The van der Waals surface area contributed by atoms with Crippen LogP contribution in [0.4, 0.5) is 14.5 Å².